The van der Waals surface area contributed by atoms with E-state index in [4.69, 9.17) is 10.8 Å². The summed E-state index contributed by atoms with van der Waals surface area (Å²) in [5, 5.41) is 9.07. The molecule has 1 aromatic carbocycles. The second-order valence-electron chi connectivity index (χ2n) is 5.29. The number of nitrogens with zero attached hydrogens (tertiary/aromatic N) is 1. The Labute approximate surface area is 116 Å². The van der Waals surface area contributed by atoms with Crippen molar-refractivity contribution in [3.05, 3.63) is 35.1 Å². The Morgan fingerprint density at radius 3 is 2.65 bits per heavy atom. The van der Waals surface area contributed by atoms with Gasteiger partial charge in [0.2, 0.25) is 5.91 Å². The summed E-state index contributed by atoms with van der Waals surface area (Å²) in [6, 6.07) is 4.12. The molecule has 1 aromatic rings. The number of carboxylic acids is 1. The van der Waals surface area contributed by atoms with Crippen LogP contribution in [0.5, 0.6) is 0 Å². The van der Waals surface area contributed by atoms with Crippen molar-refractivity contribution in [2.24, 2.45) is 17.6 Å². The summed E-state index contributed by atoms with van der Waals surface area (Å²) in [5.41, 5.74) is 5.65. The van der Waals surface area contributed by atoms with Gasteiger partial charge in [-0.2, -0.15) is 0 Å². The van der Waals surface area contributed by atoms with E-state index in [2.05, 4.69) is 0 Å². The molecule has 1 aliphatic heterocycles. The van der Waals surface area contributed by atoms with Crippen LogP contribution in [-0.2, 0) is 11.3 Å². The molecule has 2 rings (SSSR count). The van der Waals surface area contributed by atoms with Crippen LogP contribution in [0.1, 0.15) is 22.8 Å². The van der Waals surface area contributed by atoms with E-state index in [0.29, 0.717) is 25.2 Å². The highest BCUT2D eigenvalue weighted by molar-refractivity contribution is 5.92. The first-order valence-corrected chi connectivity index (χ1v) is 6.42. The van der Waals surface area contributed by atoms with Crippen LogP contribution in [0.25, 0.3) is 0 Å². The van der Waals surface area contributed by atoms with E-state index in [1.165, 1.54) is 12.1 Å². The summed E-state index contributed by atoms with van der Waals surface area (Å²) >= 11 is 0. The number of nitrogens with two attached hydrogens (primary N) is 1. The normalized spacial score (nSPS) is 22.9. The van der Waals surface area contributed by atoms with Crippen molar-refractivity contribution in [2.75, 3.05) is 13.1 Å². The molecule has 0 spiro atoms. The number of primary amides is 1. The summed E-state index contributed by atoms with van der Waals surface area (Å²) in [5.74, 6) is -2.35. The monoisotopic (exact) mass is 280 g/mol. The second-order valence-corrected chi connectivity index (χ2v) is 5.29. The molecule has 1 fully saturated rings. The number of carbonyl (C=O) groups is 2. The van der Waals surface area contributed by atoms with Gasteiger partial charge in [-0.15, -0.1) is 0 Å². The Bertz CT molecular complexity index is 547. The molecule has 2 atom stereocenters. The van der Waals surface area contributed by atoms with Crippen molar-refractivity contribution in [2.45, 2.75) is 13.5 Å². The van der Waals surface area contributed by atoms with Crippen LogP contribution in [0.2, 0.25) is 0 Å². The van der Waals surface area contributed by atoms with Gasteiger partial charge in [0.25, 0.3) is 0 Å². The first-order valence-electron chi connectivity index (χ1n) is 6.42. The Balaban J connectivity index is 2.08. The van der Waals surface area contributed by atoms with Gasteiger partial charge in [-0.25, -0.2) is 4.39 Å². The third kappa shape index (κ3) is 2.96. The Kier molecular flexibility index (Phi) is 4.04. The molecule has 20 heavy (non-hydrogen) atoms. The third-order valence-electron chi connectivity index (χ3n) is 3.74. The number of likely N-dealkylation sites (tertiary alicyclic amines) is 1. The van der Waals surface area contributed by atoms with Gasteiger partial charge >= 0.3 is 5.97 Å². The fourth-order valence-corrected chi connectivity index (χ4v) is 2.59. The number of aliphatic carboxylic acids is 1. The summed E-state index contributed by atoms with van der Waals surface area (Å²) < 4.78 is 13.9. The number of rotatable bonds is 4. The average Bonchev–Trinajstić information content (AvgIpc) is 2.73. The molecule has 0 bridgehead atoms. The molecule has 5 nitrogen and oxygen atoms in total. The molecule has 3 N–H and O–H groups in total. The lowest BCUT2D eigenvalue weighted by atomic mass is 9.99. The van der Waals surface area contributed by atoms with Crippen LogP contribution >= 0.6 is 0 Å². The molecular weight excluding hydrogens is 263 g/mol. The molecule has 1 aliphatic rings. The van der Waals surface area contributed by atoms with E-state index in [9.17, 15) is 14.0 Å². The maximum Gasteiger partial charge on any atom is 0.308 e. The second kappa shape index (κ2) is 5.58. The van der Waals surface area contributed by atoms with Crippen molar-refractivity contribution in [3.8, 4) is 0 Å². The van der Waals surface area contributed by atoms with Crippen molar-refractivity contribution < 1.29 is 19.1 Å². The quantitative estimate of drug-likeness (QED) is 0.864. The van der Waals surface area contributed by atoms with Crippen molar-refractivity contribution >= 4 is 11.9 Å². The van der Waals surface area contributed by atoms with E-state index >= 15 is 0 Å². The Hall–Kier alpha value is -1.95. The summed E-state index contributed by atoms with van der Waals surface area (Å²) in [4.78, 5) is 23.9. The first-order chi connectivity index (χ1) is 9.38. The minimum absolute atomic E-state index is 0.0421. The van der Waals surface area contributed by atoms with E-state index < -0.39 is 23.6 Å². The van der Waals surface area contributed by atoms with Gasteiger partial charge < -0.3 is 10.8 Å². The van der Waals surface area contributed by atoms with Crippen molar-refractivity contribution in [1.82, 2.24) is 4.90 Å². The van der Waals surface area contributed by atoms with Gasteiger partial charge in [-0.3, -0.25) is 14.5 Å². The van der Waals surface area contributed by atoms with Gasteiger partial charge in [0, 0.05) is 30.8 Å². The zero-order valence-corrected chi connectivity index (χ0v) is 11.2. The smallest absolute Gasteiger partial charge is 0.308 e. The third-order valence-corrected chi connectivity index (χ3v) is 3.74. The van der Waals surface area contributed by atoms with Crippen LogP contribution in [0.3, 0.4) is 0 Å². The zero-order chi connectivity index (χ0) is 14.9. The Morgan fingerprint density at radius 2 is 2.15 bits per heavy atom. The van der Waals surface area contributed by atoms with Gasteiger partial charge in [0.1, 0.15) is 5.82 Å². The van der Waals surface area contributed by atoms with Gasteiger partial charge in [0.15, 0.2) is 0 Å². The molecule has 1 saturated heterocycles. The minimum atomic E-state index is -0.815. The van der Waals surface area contributed by atoms with E-state index in [1.807, 2.05) is 11.8 Å². The topological polar surface area (TPSA) is 83.6 Å². The standard InChI is InChI=1S/C14H17FN2O3/c1-8-5-17(7-11(8)14(19)20)6-10-3-2-9(13(16)18)4-12(10)15/h2-4,8,11H,5-7H2,1H3,(H2,16,18)(H,19,20). The van der Waals surface area contributed by atoms with Crippen molar-refractivity contribution in [1.29, 1.82) is 0 Å². The fourth-order valence-electron chi connectivity index (χ4n) is 2.59. The predicted molar refractivity (Wildman–Crippen MR) is 70.5 cm³/mol. The molecular formula is C14H17FN2O3. The molecule has 0 aromatic heterocycles. The first kappa shape index (κ1) is 14.5. The van der Waals surface area contributed by atoms with Crippen LogP contribution in [0.15, 0.2) is 18.2 Å². The predicted octanol–water partition coefficient (Wildman–Crippen LogP) is 1.08. The Morgan fingerprint density at radius 1 is 1.45 bits per heavy atom. The lowest BCUT2D eigenvalue weighted by Gasteiger charge is -2.16. The highest BCUT2D eigenvalue weighted by Crippen LogP contribution is 2.25. The summed E-state index contributed by atoms with van der Waals surface area (Å²) in [6.45, 7) is 3.24. The lowest BCUT2D eigenvalue weighted by molar-refractivity contribution is -0.142. The molecule has 6 heteroatoms. The maximum absolute atomic E-state index is 13.9. The van der Waals surface area contributed by atoms with Crippen LogP contribution in [0.4, 0.5) is 4.39 Å². The molecule has 1 heterocycles. The molecule has 2 unspecified atom stereocenters. The largest absolute Gasteiger partial charge is 0.481 e. The molecule has 0 radical (unpaired) electrons. The van der Waals surface area contributed by atoms with E-state index in [0.717, 1.165) is 6.07 Å². The number of benzene rings is 1. The lowest BCUT2D eigenvalue weighted by Crippen LogP contribution is -2.23. The van der Waals surface area contributed by atoms with Gasteiger partial charge in [-0.1, -0.05) is 13.0 Å². The number of hydrogen-bond acceptors (Lipinski definition) is 3. The number of halogens is 1. The SMILES string of the molecule is CC1CN(Cc2ccc(C(N)=O)cc2F)CC1C(=O)O. The number of amides is 1. The van der Waals surface area contributed by atoms with Crippen molar-refractivity contribution in [3.63, 3.8) is 0 Å². The highest BCUT2D eigenvalue weighted by atomic mass is 19.1. The summed E-state index contributed by atoms with van der Waals surface area (Å²) in [7, 11) is 0. The molecule has 0 saturated carbocycles. The van der Waals surface area contributed by atoms with Gasteiger partial charge in [0.05, 0.1) is 5.92 Å². The molecule has 0 aliphatic carbocycles. The highest BCUT2D eigenvalue weighted by Gasteiger charge is 2.34. The van der Waals surface area contributed by atoms with Crippen LogP contribution in [0, 0.1) is 17.7 Å². The molecule has 1 amide bonds. The van der Waals surface area contributed by atoms with Crippen LogP contribution in [-0.4, -0.2) is 35.0 Å². The van der Waals surface area contributed by atoms with Gasteiger partial charge in [-0.05, 0) is 18.1 Å². The van der Waals surface area contributed by atoms with Crippen LogP contribution < -0.4 is 5.73 Å². The number of carbonyl (C=O) groups excluding carboxylic acids is 1. The number of carboxylic acid groups (broad SMARTS) is 1. The fraction of sp³-hybridized carbons (Fsp3) is 0.429. The maximum atomic E-state index is 13.9. The van der Waals surface area contributed by atoms with E-state index in [1.54, 1.807) is 0 Å². The number of hydrogen-bond donors (Lipinski definition) is 2. The molecule has 108 valence electrons. The summed E-state index contributed by atoms with van der Waals surface area (Å²) in [6.07, 6.45) is 0. The van der Waals surface area contributed by atoms with E-state index in [-0.39, 0.29) is 11.5 Å². The average molecular weight is 280 g/mol. The zero-order valence-electron chi connectivity index (χ0n) is 11.2. The minimum Gasteiger partial charge on any atom is -0.481 e.